The molecular formula is C8H6ClFO2. The summed E-state index contributed by atoms with van der Waals surface area (Å²) in [5.74, 6) is -1.48. The summed E-state index contributed by atoms with van der Waals surface area (Å²) in [4.78, 5) is 10.8. The Kier molecular flexibility index (Phi) is 2.33. The van der Waals surface area contributed by atoms with Gasteiger partial charge in [0, 0.05) is 6.07 Å². The fourth-order valence-electron chi connectivity index (χ4n) is 0.909. The van der Waals surface area contributed by atoms with Gasteiger partial charge in [0.05, 0.1) is 10.6 Å². The molecular weight excluding hydrogens is 183 g/mol. The van der Waals surface area contributed by atoms with Gasteiger partial charge in [-0.3, -0.25) is 4.79 Å². The van der Waals surface area contributed by atoms with E-state index < -0.39 is 17.3 Å². The first-order valence-electron chi connectivity index (χ1n) is 3.21. The topological polar surface area (TPSA) is 37.3 Å². The highest BCUT2D eigenvalue weighted by Crippen LogP contribution is 2.27. The van der Waals surface area contributed by atoms with Gasteiger partial charge in [-0.25, -0.2) is 4.39 Å². The molecule has 0 aliphatic heterocycles. The molecule has 12 heavy (non-hydrogen) atoms. The van der Waals surface area contributed by atoms with E-state index in [1.54, 1.807) is 0 Å². The van der Waals surface area contributed by atoms with E-state index in [0.717, 1.165) is 12.1 Å². The van der Waals surface area contributed by atoms with Crippen LogP contribution in [0.15, 0.2) is 12.1 Å². The zero-order chi connectivity index (χ0) is 9.30. The van der Waals surface area contributed by atoms with Gasteiger partial charge in [-0.05, 0) is 13.0 Å². The molecule has 0 saturated heterocycles. The summed E-state index contributed by atoms with van der Waals surface area (Å²) in [6.07, 6.45) is 0. The highest BCUT2D eigenvalue weighted by Gasteiger charge is 2.12. The molecule has 1 aromatic rings. The van der Waals surface area contributed by atoms with Crippen molar-refractivity contribution in [3.8, 4) is 5.75 Å². The van der Waals surface area contributed by atoms with Crippen LogP contribution in [0.1, 0.15) is 17.3 Å². The number of carbonyl (C=O) groups is 1. The lowest BCUT2D eigenvalue weighted by Crippen LogP contribution is -1.94. The highest BCUT2D eigenvalue weighted by atomic mass is 35.5. The molecule has 0 aromatic heterocycles. The number of rotatable bonds is 1. The van der Waals surface area contributed by atoms with E-state index in [1.165, 1.54) is 6.92 Å². The molecule has 0 amide bonds. The van der Waals surface area contributed by atoms with E-state index in [0.29, 0.717) is 0 Å². The lowest BCUT2D eigenvalue weighted by molar-refractivity contribution is 0.101. The number of phenols is 1. The first-order valence-corrected chi connectivity index (χ1v) is 3.59. The van der Waals surface area contributed by atoms with Gasteiger partial charge in [0.15, 0.2) is 5.78 Å². The third kappa shape index (κ3) is 1.56. The number of benzene rings is 1. The molecule has 0 aliphatic carbocycles. The van der Waals surface area contributed by atoms with Crippen molar-refractivity contribution in [2.24, 2.45) is 0 Å². The fourth-order valence-corrected chi connectivity index (χ4v) is 1.24. The summed E-state index contributed by atoms with van der Waals surface area (Å²) in [5.41, 5.74) is -0.0435. The van der Waals surface area contributed by atoms with Gasteiger partial charge in [0.2, 0.25) is 0 Å². The first-order chi connectivity index (χ1) is 5.52. The standard InChI is InChI=1S/C8H6ClFO2/c1-4(11)8-6(9)2-5(10)3-7(8)12/h2-3,12H,1H3. The summed E-state index contributed by atoms with van der Waals surface area (Å²) in [5, 5.41) is 9.03. The highest BCUT2D eigenvalue weighted by molar-refractivity contribution is 6.34. The van der Waals surface area contributed by atoms with Gasteiger partial charge in [-0.15, -0.1) is 0 Å². The Morgan fingerprint density at radius 2 is 2.17 bits per heavy atom. The Hall–Kier alpha value is -1.09. The fraction of sp³-hybridized carbons (Fsp3) is 0.125. The van der Waals surface area contributed by atoms with Gasteiger partial charge in [-0.1, -0.05) is 11.6 Å². The van der Waals surface area contributed by atoms with Gasteiger partial charge in [0.1, 0.15) is 11.6 Å². The van der Waals surface area contributed by atoms with E-state index in [4.69, 9.17) is 16.7 Å². The van der Waals surface area contributed by atoms with Crippen LogP contribution in [0.2, 0.25) is 5.02 Å². The quantitative estimate of drug-likeness (QED) is 0.687. The maximum absolute atomic E-state index is 12.5. The van der Waals surface area contributed by atoms with Crippen LogP contribution < -0.4 is 0 Å². The SMILES string of the molecule is CC(=O)c1c(O)cc(F)cc1Cl. The predicted molar refractivity (Wildman–Crippen MR) is 43.1 cm³/mol. The molecule has 1 N–H and O–H groups in total. The maximum atomic E-state index is 12.5. The van der Waals surface area contributed by atoms with E-state index in [9.17, 15) is 9.18 Å². The molecule has 0 aliphatic rings. The molecule has 0 unspecified atom stereocenters. The summed E-state index contributed by atoms with van der Waals surface area (Å²) in [6, 6.07) is 1.83. The molecule has 0 atom stereocenters. The Balaban J connectivity index is 3.38. The number of phenolic OH excluding ortho intramolecular Hbond substituents is 1. The minimum Gasteiger partial charge on any atom is -0.507 e. The molecule has 2 nitrogen and oxygen atoms in total. The van der Waals surface area contributed by atoms with Crippen molar-refractivity contribution in [2.45, 2.75) is 6.92 Å². The molecule has 4 heteroatoms. The number of Topliss-reactive ketones (excluding diaryl/α,β-unsaturated/α-hetero) is 1. The molecule has 0 spiro atoms. The van der Waals surface area contributed by atoms with E-state index in [2.05, 4.69) is 0 Å². The first kappa shape index (κ1) is 9.00. The van der Waals surface area contributed by atoms with Crippen molar-refractivity contribution in [2.75, 3.05) is 0 Å². The zero-order valence-corrected chi connectivity index (χ0v) is 7.02. The molecule has 64 valence electrons. The van der Waals surface area contributed by atoms with Crippen LogP contribution in [0.4, 0.5) is 4.39 Å². The molecule has 0 saturated carbocycles. The number of halogens is 2. The van der Waals surface area contributed by atoms with E-state index in [-0.39, 0.29) is 10.6 Å². The normalized spacial score (nSPS) is 9.92. The molecule has 0 bridgehead atoms. The molecule has 0 fully saturated rings. The van der Waals surface area contributed by atoms with Crippen molar-refractivity contribution in [3.63, 3.8) is 0 Å². The monoisotopic (exact) mass is 188 g/mol. The Labute approximate surface area is 73.6 Å². The van der Waals surface area contributed by atoms with Crippen molar-refractivity contribution < 1.29 is 14.3 Å². The average molecular weight is 189 g/mol. The van der Waals surface area contributed by atoms with E-state index >= 15 is 0 Å². The van der Waals surface area contributed by atoms with Crippen molar-refractivity contribution >= 4 is 17.4 Å². The lowest BCUT2D eigenvalue weighted by atomic mass is 10.1. The van der Waals surface area contributed by atoms with E-state index in [1.807, 2.05) is 0 Å². The number of hydrogen-bond donors (Lipinski definition) is 1. The third-order valence-electron chi connectivity index (χ3n) is 1.39. The van der Waals surface area contributed by atoms with Crippen LogP contribution in [0.25, 0.3) is 0 Å². The smallest absolute Gasteiger partial charge is 0.165 e. The number of carbonyl (C=O) groups excluding carboxylic acids is 1. The lowest BCUT2D eigenvalue weighted by Gasteiger charge is -2.02. The second-order valence-corrected chi connectivity index (χ2v) is 2.75. The summed E-state index contributed by atoms with van der Waals surface area (Å²) < 4.78 is 12.5. The number of hydrogen-bond acceptors (Lipinski definition) is 2. The summed E-state index contributed by atoms with van der Waals surface area (Å²) >= 11 is 5.51. The largest absolute Gasteiger partial charge is 0.507 e. The van der Waals surface area contributed by atoms with Crippen LogP contribution in [0.3, 0.4) is 0 Å². The summed E-state index contributed by atoms with van der Waals surface area (Å²) in [6.45, 7) is 1.25. The minimum absolute atomic E-state index is 0.0435. The molecule has 1 rings (SSSR count). The Bertz CT molecular complexity index is 313. The van der Waals surface area contributed by atoms with Crippen molar-refractivity contribution in [1.82, 2.24) is 0 Å². The Morgan fingerprint density at radius 1 is 1.58 bits per heavy atom. The zero-order valence-electron chi connectivity index (χ0n) is 6.27. The second-order valence-electron chi connectivity index (χ2n) is 2.34. The number of ketones is 1. The Morgan fingerprint density at radius 3 is 2.58 bits per heavy atom. The predicted octanol–water partition coefficient (Wildman–Crippen LogP) is 2.39. The van der Waals surface area contributed by atoms with Crippen LogP contribution in [0.5, 0.6) is 5.75 Å². The van der Waals surface area contributed by atoms with Crippen LogP contribution in [-0.4, -0.2) is 10.9 Å². The van der Waals surface area contributed by atoms with Crippen molar-refractivity contribution in [1.29, 1.82) is 0 Å². The van der Waals surface area contributed by atoms with Crippen LogP contribution in [-0.2, 0) is 0 Å². The van der Waals surface area contributed by atoms with Gasteiger partial charge < -0.3 is 5.11 Å². The number of aromatic hydroxyl groups is 1. The maximum Gasteiger partial charge on any atom is 0.165 e. The summed E-state index contributed by atoms with van der Waals surface area (Å²) in [7, 11) is 0. The van der Waals surface area contributed by atoms with Crippen LogP contribution in [0, 0.1) is 5.82 Å². The second kappa shape index (κ2) is 3.11. The third-order valence-corrected chi connectivity index (χ3v) is 1.68. The molecule has 0 radical (unpaired) electrons. The van der Waals surface area contributed by atoms with Crippen LogP contribution >= 0.6 is 11.6 Å². The molecule has 0 heterocycles. The van der Waals surface area contributed by atoms with Gasteiger partial charge in [0.25, 0.3) is 0 Å². The van der Waals surface area contributed by atoms with Gasteiger partial charge >= 0.3 is 0 Å². The van der Waals surface area contributed by atoms with Gasteiger partial charge in [-0.2, -0.15) is 0 Å². The minimum atomic E-state index is -0.664. The average Bonchev–Trinajstić information content (AvgIpc) is 1.82. The molecule has 1 aromatic carbocycles. The van der Waals surface area contributed by atoms with Crippen molar-refractivity contribution in [3.05, 3.63) is 28.5 Å².